The zero-order valence-electron chi connectivity index (χ0n) is 13.2. The predicted molar refractivity (Wildman–Crippen MR) is 82.0 cm³/mol. The van der Waals surface area contributed by atoms with Crippen LogP contribution in [0.2, 0.25) is 0 Å². The molecule has 21 heavy (non-hydrogen) atoms. The molecule has 0 amide bonds. The first kappa shape index (κ1) is 16.2. The Kier molecular flexibility index (Phi) is 5.22. The molecular weight excluding hydrogens is 269 g/mol. The Morgan fingerprint density at radius 1 is 1.43 bits per heavy atom. The summed E-state index contributed by atoms with van der Waals surface area (Å²) in [5, 5.41) is 0. The smallest absolute Gasteiger partial charge is 0.165 e. The summed E-state index contributed by atoms with van der Waals surface area (Å²) < 4.78 is 24.5. The Morgan fingerprint density at radius 2 is 2.19 bits per heavy atom. The third-order valence-electron chi connectivity index (χ3n) is 4.74. The van der Waals surface area contributed by atoms with E-state index >= 15 is 0 Å². The Balaban J connectivity index is 2.12. The van der Waals surface area contributed by atoms with Gasteiger partial charge in [0.2, 0.25) is 0 Å². The van der Waals surface area contributed by atoms with Crippen molar-refractivity contribution >= 4 is 0 Å². The molecule has 1 aromatic rings. The summed E-state index contributed by atoms with van der Waals surface area (Å²) in [5.41, 5.74) is 7.03. The van der Waals surface area contributed by atoms with Gasteiger partial charge >= 0.3 is 0 Å². The van der Waals surface area contributed by atoms with Crippen molar-refractivity contribution in [2.45, 2.75) is 50.7 Å². The third-order valence-corrected chi connectivity index (χ3v) is 4.74. The minimum atomic E-state index is -0.342. The lowest BCUT2D eigenvalue weighted by Crippen LogP contribution is -2.53. The Hall–Kier alpha value is -1.13. The molecule has 3 unspecified atom stereocenters. The van der Waals surface area contributed by atoms with Crippen molar-refractivity contribution in [2.75, 3.05) is 14.2 Å². The van der Waals surface area contributed by atoms with E-state index in [2.05, 4.69) is 6.92 Å². The summed E-state index contributed by atoms with van der Waals surface area (Å²) in [6.45, 7) is 2.24. The molecule has 1 fully saturated rings. The first-order valence-electron chi connectivity index (χ1n) is 7.64. The third kappa shape index (κ3) is 3.55. The first-order valence-corrected chi connectivity index (χ1v) is 7.64. The van der Waals surface area contributed by atoms with Crippen molar-refractivity contribution in [3.63, 3.8) is 0 Å². The fourth-order valence-corrected chi connectivity index (χ4v) is 3.49. The minimum absolute atomic E-state index is 0.127. The molecule has 2 rings (SSSR count). The summed E-state index contributed by atoms with van der Waals surface area (Å²) in [6.07, 6.45) is 4.94. The molecule has 0 aromatic heterocycles. The van der Waals surface area contributed by atoms with Crippen molar-refractivity contribution in [1.29, 1.82) is 0 Å². The van der Waals surface area contributed by atoms with Crippen LogP contribution in [0.3, 0.4) is 0 Å². The maximum Gasteiger partial charge on any atom is 0.165 e. The molecule has 4 heteroatoms. The molecule has 2 N–H and O–H groups in total. The highest BCUT2D eigenvalue weighted by Crippen LogP contribution is 2.37. The normalized spacial score (nSPS) is 27.4. The molecule has 0 bridgehead atoms. The van der Waals surface area contributed by atoms with E-state index < -0.39 is 0 Å². The van der Waals surface area contributed by atoms with Crippen LogP contribution in [0.5, 0.6) is 5.75 Å². The average molecular weight is 295 g/mol. The van der Waals surface area contributed by atoms with Crippen molar-refractivity contribution in [3.8, 4) is 5.75 Å². The van der Waals surface area contributed by atoms with Gasteiger partial charge in [0.1, 0.15) is 0 Å². The number of methoxy groups -OCH3 is 2. The van der Waals surface area contributed by atoms with Crippen LogP contribution in [0.15, 0.2) is 18.2 Å². The standard InChI is InChI=1S/C17H26FNO2/c1-12-5-4-8-17(11-12,21-3)16(19)10-13-6-7-15(20-2)14(18)9-13/h6-7,9,12,16H,4-5,8,10-11,19H2,1-3H3. The van der Waals surface area contributed by atoms with Crippen LogP contribution in [-0.4, -0.2) is 25.9 Å². The van der Waals surface area contributed by atoms with Crippen LogP contribution in [-0.2, 0) is 11.2 Å². The van der Waals surface area contributed by atoms with Gasteiger partial charge in [0.15, 0.2) is 11.6 Å². The van der Waals surface area contributed by atoms with E-state index in [1.807, 2.05) is 6.07 Å². The highest BCUT2D eigenvalue weighted by atomic mass is 19.1. The number of rotatable bonds is 5. The van der Waals surface area contributed by atoms with E-state index in [9.17, 15) is 4.39 Å². The van der Waals surface area contributed by atoms with Crippen molar-refractivity contribution < 1.29 is 13.9 Å². The second kappa shape index (κ2) is 6.75. The molecule has 0 aliphatic heterocycles. The fraction of sp³-hybridized carbons (Fsp3) is 0.647. The maximum absolute atomic E-state index is 13.8. The quantitative estimate of drug-likeness (QED) is 0.906. The number of nitrogens with two attached hydrogens (primary N) is 1. The topological polar surface area (TPSA) is 44.5 Å². The van der Waals surface area contributed by atoms with Gasteiger partial charge in [-0.25, -0.2) is 4.39 Å². The maximum atomic E-state index is 13.8. The van der Waals surface area contributed by atoms with Gasteiger partial charge < -0.3 is 15.2 Å². The number of benzene rings is 1. The monoisotopic (exact) mass is 295 g/mol. The highest BCUT2D eigenvalue weighted by Gasteiger charge is 2.40. The molecule has 1 saturated carbocycles. The van der Waals surface area contributed by atoms with Crippen LogP contribution < -0.4 is 10.5 Å². The number of hydrogen-bond donors (Lipinski definition) is 1. The predicted octanol–water partition coefficient (Wildman–Crippen LogP) is 3.30. The molecule has 0 heterocycles. The van der Waals surface area contributed by atoms with Gasteiger partial charge in [0, 0.05) is 13.2 Å². The van der Waals surface area contributed by atoms with Gasteiger partial charge in [-0.2, -0.15) is 0 Å². The van der Waals surface area contributed by atoms with Crippen LogP contribution in [0.25, 0.3) is 0 Å². The van der Waals surface area contributed by atoms with Crippen LogP contribution in [0.4, 0.5) is 4.39 Å². The zero-order chi connectivity index (χ0) is 15.5. The minimum Gasteiger partial charge on any atom is -0.494 e. The average Bonchev–Trinajstić information content (AvgIpc) is 2.47. The molecule has 1 aliphatic rings. The zero-order valence-corrected chi connectivity index (χ0v) is 13.2. The Morgan fingerprint density at radius 3 is 2.76 bits per heavy atom. The van der Waals surface area contributed by atoms with Gasteiger partial charge in [0.05, 0.1) is 12.7 Å². The van der Waals surface area contributed by atoms with Crippen molar-refractivity contribution in [2.24, 2.45) is 11.7 Å². The van der Waals surface area contributed by atoms with Gasteiger partial charge in [0.25, 0.3) is 0 Å². The van der Waals surface area contributed by atoms with Crippen molar-refractivity contribution in [1.82, 2.24) is 0 Å². The van der Waals surface area contributed by atoms with E-state index in [0.29, 0.717) is 12.3 Å². The van der Waals surface area contributed by atoms with E-state index in [4.69, 9.17) is 15.2 Å². The van der Waals surface area contributed by atoms with Gasteiger partial charge in [-0.05, 0) is 42.9 Å². The molecule has 3 atom stereocenters. The molecule has 1 aliphatic carbocycles. The fourth-order valence-electron chi connectivity index (χ4n) is 3.49. The second-order valence-corrected chi connectivity index (χ2v) is 6.25. The molecule has 118 valence electrons. The Labute approximate surface area is 126 Å². The number of hydrogen-bond acceptors (Lipinski definition) is 3. The molecule has 0 saturated heterocycles. The van der Waals surface area contributed by atoms with Gasteiger partial charge in [-0.3, -0.25) is 0 Å². The lowest BCUT2D eigenvalue weighted by molar-refractivity contribution is -0.0705. The number of ether oxygens (including phenoxy) is 2. The summed E-state index contributed by atoms with van der Waals surface area (Å²) >= 11 is 0. The Bertz CT molecular complexity index is 480. The molecule has 3 nitrogen and oxygen atoms in total. The van der Waals surface area contributed by atoms with Gasteiger partial charge in [-0.15, -0.1) is 0 Å². The van der Waals surface area contributed by atoms with Crippen LogP contribution >= 0.6 is 0 Å². The van der Waals surface area contributed by atoms with E-state index in [1.165, 1.54) is 19.6 Å². The summed E-state index contributed by atoms with van der Waals surface area (Å²) in [4.78, 5) is 0. The van der Waals surface area contributed by atoms with Crippen molar-refractivity contribution in [3.05, 3.63) is 29.6 Å². The van der Waals surface area contributed by atoms with Crippen LogP contribution in [0, 0.1) is 11.7 Å². The first-order chi connectivity index (χ1) is 10.0. The lowest BCUT2D eigenvalue weighted by Gasteiger charge is -2.43. The summed E-state index contributed by atoms with van der Waals surface area (Å²) in [5.74, 6) is 0.545. The number of halogens is 1. The molecule has 0 radical (unpaired) electrons. The lowest BCUT2D eigenvalue weighted by atomic mass is 9.73. The molecule has 1 aromatic carbocycles. The summed E-state index contributed by atoms with van der Waals surface area (Å²) in [7, 11) is 3.21. The molecular formula is C17H26FNO2. The largest absolute Gasteiger partial charge is 0.494 e. The van der Waals surface area contributed by atoms with E-state index in [1.54, 1.807) is 13.2 Å². The van der Waals surface area contributed by atoms with Crippen LogP contribution in [0.1, 0.15) is 38.2 Å². The highest BCUT2D eigenvalue weighted by molar-refractivity contribution is 5.30. The van der Waals surface area contributed by atoms with E-state index in [0.717, 1.165) is 24.8 Å². The van der Waals surface area contributed by atoms with E-state index in [-0.39, 0.29) is 23.2 Å². The summed E-state index contributed by atoms with van der Waals surface area (Å²) in [6, 6.07) is 4.91. The van der Waals surface area contributed by atoms with Gasteiger partial charge in [-0.1, -0.05) is 25.8 Å². The second-order valence-electron chi connectivity index (χ2n) is 6.25. The molecule has 0 spiro atoms. The SMILES string of the molecule is COc1ccc(CC(N)C2(OC)CCCC(C)C2)cc1F.